The first-order chi connectivity index (χ1) is 12.4. The molecule has 2 N–H and O–H groups in total. The Balaban J connectivity index is 1.97. The van der Waals surface area contributed by atoms with Gasteiger partial charge in [0.1, 0.15) is 12.4 Å². The second kappa shape index (κ2) is 6.75. The Hall–Kier alpha value is -3.55. The molecule has 0 saturated heterocycles. The third-order valence-electron chi connectivity index (χ3n) is 3.84. The third-order valence-corrected chi connectivity index (χ3v) is 3.84. The molecule has 0 bridgehead atoms. The molecule has 1 aromatic heterocycles. The lowest BCUT2D eigenvalue weighted by Gasteiger charge is -2.11. The molecule has 0 fully saturated rings. The van der Waals surface area contributed by atoms with Crippen LogP contribution in [0.2, 0.25) is 0 Å². The maximum absolute atomic E-state index is 13.3. The van der Waals surface area contributed by atoms with E-state index in [0.717, 1.165) is 10.7 Å². The zero-order valence-electron chi connectivity index (χ0n) is 13.7. The normalized spacial score (nSPS) is 10.7. The summed E-state index contributed by atoms with van der Waals surface area (Å²) >= 11 is 0. The summed E-state index contributed by atoms with van der Waals surface area (Å²) in [6, 6.07) is 10.1. The topological polar surface area (TPSA) is 101 Å². The van der Waals surface area contributed by atoms with Gasteiger partial charge < -0.3 is 10.4 Å². The average Bonchev–Trinajstić information content (AvgIpc) is 2.60. The molecule has 0 aliphatic carbocycles. The van der Waals surface area contributed by atoms with Crippen LogP contribution in [0.5, 0.6) is 0 Å². The number of halogens is 1. The fourth-order valence-electron chi connectivity index (χ4n) is 2.55. The summed E-state index contributed by atoms with van der Waals surface area (Å²) in [6.07, 6.45) is 0. The van der Waals surface area contributed by atoms with E-state index >= 15 is 0 Å². The first-order valence-corrected chi connectivity index (χ1v) is 7.66. The number of aromatic nitrogens is 2. The zero-order chi connectivity index (χ0) is 18.8. The fraction of sp³-hybridized carbons (Fsp3) is 0.111. The molecule has 1 heterocycles. The number of carboxylic acids is 1. The van der Waals surface area contributed by atoms with Crippen molar-refractivity contribution in [3.8, 4) is 0 Å². The number of hydrogen-bond donors (Lipinski definition) is 2. The number of carbonyl (C=O) groups is 2. The summed E-state index contributed by atoms with van der Waals surface area (Å²) in [6.45, 7) is 1.19. The Labute approximate surface area is 146 Å². The molecule has 26 heavy (non-hydrogen) atoms. The van der Waals surface area contributed by atoms with Crippen LogP contribution in [-0.4, -0.2) is 26.8 Å². The molecular formula is C18H14FN3O4. The highest BCUT2D eigenvalue weighted by molar-refractivity contribution is 6.01. The minimum atomic E-state index is -1.31. The Bertz CT molecular complexity index is 1090. The SMILES string of the molecule is Cc1ccc(F)cc1NC(=O)Cn1nc(C(=O)O)c2ccccc2c1=O. The van der Waals surface area contributed by atoms with Crippen molar-refractivity contribution in [2.75, 3.05) is 5.32 Å². The summed E-state index contributed by atoms with van der Waals surface area (Å²) in [5, 5.41) is 15.9. The summed E-state index contributed by atoms with van der Waals surface area (Å²) in [5.41, 5.74) is -0.00117. The summed E-state index contributed by atoms with van der Waals surface area (Å²) in [4.78, 5) is 36.1. The smallest absolute Gasteiger partial charge is 0.357 e. The number of carboxylic acid groups (broad SMARTS) is 1. The van der Waals surface area contributed by atoms with E-state index in [2.05, 4.69) is 10.4 Å². The largest absolute Gasteiger partial charge is 0.476 e. The van der Waals surface area contributed by atoms with Gasteiger partial charge in [-0.2, -0.15) is 5.10 Å². The van der Waals surface area contributed by atoms with Crippen molar-refractivity contribution in [2.24, 2.45) is 0 Å². The molecule has 132 valence electrons. The Morgan fingerprint density at radius 3 is 2.58 bits per heavy atom. The molecule has 0 unspecified atom stereocenters. The van der Waals surface area contributed by atoms with E-state index in [4.69, 9.17) is 0 Å². The van der Waals surface area contributed by atoms with Crippen LogP contribution in [-0.2, 0) is 11.3 Å². The van der Waals surface area contributed by atoms with Crippen LogP contribution >= 0.6 is 0 Å². The van der Waals surface area contributed by atoms with E-state index < -0.39 is 29.8 Å². The van der Waals surface area contributed by atoms with Crippen LogP contribution in [0.3, 0.4) is 0 Å². The molecule has 0 spiro atoms. The van der Waals surface area contributed by atoms with Gasteiger partial charge in [-0.25, -0.2) is 13.9 Å². The van der Waals surface area contributed by atoms with Crippen molar-refractivity contribution in [2.45, 2.75) is 13.5 Å². The van der Waals surface area contributed by atoms with Crippen LogP contribution < -0.4 is 10.9 Å². The first-order valence-electron chi connectivity index (χ1n) is 7.66. The van der Waals surface area contributed by atoms with Gasteiger partial charge in [0.05, 0.1) is 5.39 Å². The Morgan fingerprint density at radius 1 is 1.19 bits per heavy atom. The van der Waals surface area contributed by atoms with Gasteiger partial charge in [0.25, 0.3) is 5.56 Å². The van der Waals surface area contributed by atoms with Crippen molar-refractivity contribution in [1.29, 1.82) is 0 Å². The number of rotatable bonds is 4. The first kappa shape index (κ1) is 17.3. The minimum Gasteiger partial charge on any atom is -0.476 e. The fourth-order valence-corrected chi connectivity index (χ4v) is 2.55. The molecule has 0 radical (unpaired) electrons. The average molecular weight is 355 g/mol. The maximum atomic E-state index is 13.3. The van der Waals surface area contributed by atoms with Crippen LogP contribution in [0.4, 0.5) is 10.1 Å². The lowest BCUT2D eigenvalue weighted by Crippen LogP contribution is -2.31. The van der Waals surface area contributed by atoms with Gasteiger partial charge in [0.15, 0.2) is 5.69 Å². The molecule has 0 saturated carbocycles. The Kier molecular flexibility index (Phi) is 4.49. The van der Waals surface area contributed by atoms with Crippen molar-refractivity contribution in [3.63, 3.8) is 0 Å². The number of aryl methyl sites for hydroxylation is 1. The van der Waals surface area contributed by atoms with Gasteiger partial charge in [0.2, 0.25) is 5.91 Å². The number of nitrogens with zero attached hydrogens (tertiary/aromatic N) is 2. The van der Waals surface area contributed by atoms with Crippen molar-refractivity contribution in [1.82, 2.24) is 9.78 Å². The molecule has 3 rings (SSSR count). The number of nitrogens with one attached hydrogen (secondary N) is 1. The molecule has 1 amide bonds. The highest BCUT2D eigenvalue weighted by Gasteiger charge is 2.17. The van der Waals surface area contributed by atoms with E-state index in [0.29, 0.717) is 5.56 Å². The van der Waals surface area contributed by atoms with Crippen LogP contribution in [0.25, 0.3) is 10.8 Å². The molecule has 0 aliphatic rings. The van der Waals surface area contributed by atoms with Crippen LogP contribution in [0.15, 0.2) is 47.3 Å². The van der Waals surface area contributed by atoms with Gasteiger partial charge in [-0.05, 0) is 30.7 Å². The number of amides is 1. The molecular weight excluding hydrogens is 341 g/mol. The summed E-state index contributed by atoms with van der Waals surface area (Å²) in [7, 11) is 0. The molecule has 2 aromatic carbocycles. The highest BCUT2D eigenvalue weighted by Crippen LogP contribution is 2.16. The molecule has 0 aliphatic heterocycles. The van der Waals surface area contributed by atoms with Gasteiger partial charge in [-0.3, -0.25) is 9.59 Å². The molecule has 8 heteroatoms. The molecule has 0 atom stereocenters. The second-order valence-electron chi connectivity index (χ2n) is 5.67. The van der Waals surface area contributed by atoms with Gasteiger partial charge in [-0.15, -0.1) is 0 Å². The number of hydrogen-bond acceptors (Lipinski definition) is 4. The van der Waals surface area contributed by atoms with E-state index in [-0.39, 0.29) is 22.2 Å². The zero-order valence-corrected chi connectivity index (χ0v) is 13.7. The third kappa shape index (κ3) is 3.30. The number of anilines is 1. The predicted octanol–water partition coefficient (Wildman–Crippen LogP) is 2.18. The summed E-state index contributed by atoms with van der Waals surface area (Å²) in [5.74, 6) is -2.45. The molecule has 3 aromatic rings. The second-order valence-corrected chi connectivity index (χ2v) is 5.67. The van der Waals surface area contributed by atoms with E-state index in [1.54, 1.807) is 19.1 Å². The van der Waals surface area contributed by atoms with Crippen LogP contribution in [0.1, 0.15) is 16.1 Å². The number of aromatic carboxylic acids is 1. The van der Waals surface area contributed by atoms with E-state index in [1.165, 1.54) is 24.3 Å². The lowest BCUT2D eigenvalue weighted by molar-refractivity contribution is -0.117. The van der Waals surface area contributed by atoms with Gasteiger partial charge in [0, 0.05) is 11.1 Å². The van der Waals surface area contributed by atoms with Crippen molar-refractivity contribution in [3.05, 3.63) is 69.9 Å². The number of fused-ring (bicyclic) bond motifs is 1. The quantitative estimate of drug-likeness (QED) is 0.747. The maximum Gasteiger partial charge on any atom is 0.357 e. The number of benzene rings is 2. The van der Waals surface area contributed by atoms with Crippen LogP contribution in [0, 0.1) is 12.7 Å². The Morgan fingerprint density at radius 2 is 1.88 bits per heavy atom. The van der Waals surface area contributed by atoms with Crippen molar-refractivity contribution >= 4 is 28.3 Å². The predicted molar refractivity (Wildman–Crippen MR) is 92.7 cm³/mol. The number of carbonyl (C=O) groups excluding carboxylic acids is 1. The standard InChI is InChI=1S/C18H14FN3O4/c1-10-6-7-11(19)8-14(10)20-15(23)9-22-17(24)13-5-3-2-4-12(13)16(21-22)18(25)26/h2-8H,9H2,1H3,(H,20,23)(H,25,26). The minimum absolute atomic E-state index is 0.148. The summed E-state index contributed by atoms with van der Waals surface area (Å²) < 4.78 is 14.1. The van der Waals surface area contributed by atoms with Gasteiger partial charge >= 0.3 is 5.97 Å². The van der Waals surface area contributed by atoms with Crippen molar-refractivity contribution < 1.29 is 19.1 Å². The monoisotopic (exact) mass is 355 g/mol. The van der Waals surface area contributed by atoms with Gasteiger partial charge in [-0.1, -0.05) is 24.3 Å². The van der Waals surface area contributed by atoms with E-state index in [1.807, 2.05) is 0 Å². The lowest BCUT2D eigenvalue weighted by atomic mass is 10.1. The van der Waals surface area contributed by atoms with E-state index in [9.17, 15) is 23.9 Å². The highest BCUT2D eigenvalue weighted by atomic mass is 19.1. The molecule has 7 nitrogen and oxygen atoms in total.